The Bertz CT molecular complexity index is 242. The third kappa shape index (κ3) is 1.67. The van der Waals surface area contributed by atoms with Crippen LogP contribution in [0.5, 0.6) is 0 Å². The fourth-order valence-corrected chi connectivity index (χ4v) is 0.658. The number of hydrogen-bond donors (Lipinski definition) is 1. The predicted molar refractivity (Wildman–Crippen MR) is 37.4 cm³/mol. The van der Waals surface area contributed by atoms with E-state index in [9.17, 15) is 9.59 Å². The molecule has 0 saturated heterocycles. The van der Waals surface area contributed by atoms with Crippen molar-refractivity contribution in [1.29, 1.82) is 0 Å². The average Bonchev–Trinajstić information content (AvgIpc) is 2.26. The van der Waals surface area contributed by atoms with E-state index in [-0.39, 0.29) is 5.70 Å². The third-order valence-electron chi connectivity index (χ3n) is 1.11. The van der Waals surface area contributed by atoms with Crippen molar-refractivity contribution in [2.45, 2.75) is 0 Å². The van der Waals surface area contributed by atoms with Gasteiger partial charge in [-0.2, -0.15) is 0 Å². The van der Waals surface area contributed by atoms with Gasteiger partial charge in [-0.1, -0.05) is 6.08 Å². The van der Waals surface area contributed by atoms with Gasteiger partial charge in [0.1, 0.15) is 5.70 Å². The van der Waals surface area contributed by atoms with Crippen LogP contribution in [-0.4, -0.2) is 18.5 Å². The molecule has 11 heavy (non-hydrogen) atoms. The summed E-state index contributed by atoms with van der Waals surface area (Å²) < 4.78 is 4.20. The first-order valence-corrected chi connectivity index (χ1v) is 3.06. The lowest BCUT2D eigenvalue weighted by molar-refractivity contribution is -0.150. The largest absolute Gasteiger partial charge is 0.385 e. The summed E-state index contributed by atoms with van der Waals surface area (Å²) in [6.07, 6.45) is 2.70. The van der Waals surface area contributed by atoms with E-state index in [0.29, 0.717) is 6.54 Å². The second kappa shape index (κ2) is 3.01. The Morgan fingerprint density at radius 3 is 2.82 bits per heavy atom. The number of rotatable bonds is 3. The zero-order chi connectivity index (χ0) is 8.27. The van der Waals surface area contributed by atoms with E-state index in [1.807, 2.05) is 0 Å². The molecule has 0 atom stereocenters. The number of esters is 2. The lowest BCUT2D eigenvalue weighted by atomic mass is 10.4. The highest BCUT2D eigenvalue weighted by molar-refractivity contribution is 6.08. The van der Waals surface area contributed by atoms with Crippen molar-refractivity contribution in [2.24, 2.45) is 0 Å². The van der Waals surface area contributed by atoms with Gasteiger partial charge in [0.25, 0.3) is 0 Å². The molecule has 0 amide bonds. The van der Waals surface area contributed by atoms with Gasteiger partial charge >= 0.3 is 11.9 Å². The van der Waals surface area contributed by atoms with E-state index in [2.05, 4.69) is 16.6 Å². The molecule has 1 N–H and O–H groups in total. The summed E-state index contributed by atoms with van der Waals surface area (Å²) in [4.78, 5) is 21.1. The zero-order valence-electron chi connectivity index (χ0n) is 5.79. The molecule has 4 nitrogen and oxygen atoms in total. The highest BCUT2D eigenvalue weighted by atomic mass is 16.6. The maximum absolute atomic E-state index is 10.7. The van der Waals surface area contributed by atoms with Crippen LogP contribution in [-0.2, 0) is 14.3 Å². The Morgan fingerprint density at radius 2 is 2.36 bits per heavy atom. The lowest BCUT2D eigenvalue weighted by Crippen LogP contribution is -2.18. The van der Waals surface area contributed by atoms with E-state index in [0.717, 1.165) is 6.08 Å². The monoisotopic (exact) mass is 153 g/mol. The van der Waals surface area contributed by atoms with E-state index >= 15 is 0 Å². The fourth-order valence-electron chi connectivity index (χ4n) is 0.658. The number of carbonyl (C=O) groups is 2. The first-order chi connectivity index (χ1) is 5.24. The van der Waals surface area contributed by atoms with Gasteiger partial charge in [0.15, 0.2) is 0 Å². The van der Waals surface area contributed by atoms with Crippen LogP contribution in [0.25, 0.3) is 0 Å². The molecule has 1 aliphatic rings. The molecule has 0 aromatic carbocycles. The average molecular weight is 153 g/mol. The van der Waals surface area contributed by atoms with Crippen LogP contribution >= 0.6 is 0 Å². The first kappa shape index (κ1) is 7.53. The number of ether oxygens (including phenoxy) is 1. The van der Waals surface area contributed by atoms with Crippen LogP contribution in [0.15, 0.2) is 24.4 Å². The molecule has 0 spiro atoms. The van der Waals surface area contributed by atoms with Gasteiger partial charge in [-0.25, -0.2) is 9.59 Å². The summed E-state index contributed by atoms with van der Waals surface area (Å²) in [5.74, 6) is -1.25. The van der Waals surface area contributed by atoms with Gasteiger partial charge in [0.2, 0.25) is 0 Å². The first-order valence-electron chi connectivity index (χ1n) is 3.06. The Morgan fingerprint density at radius 1 is 1.64 bits per heavy atom. The third-order valence-corrected chi connectivity index (χ3v) is 1.11. The number of carbonyl (C=O) groups excluding carboxylic acids is 2. The van der Waals surface area contributed by atoms with Gasteiger partial charge in [0.05, 0.1) is 6.08 Å². The normalized spacial score (nSPS) is 15.8. The topological polar surface area (TPSA) is 55.4 Å². The highest BCUT2D eigenvalue weighted by Crippen LogP contribution is 2.03. The molecule has 1 heterocycles. The molecule has 1 rings (SSSR count). The van der Waals surface area contributed by atoms with Crippen molar-refractivity contribution < 1.29 is 14.3 Å². The minimum absolute atomic E-state index is 0.190. The van der Waals surface area contributed by atoms with Gasteiger partial charge in [0, 0.05) is 6.54 Å². The number of nitrogens with one attached hydrogen (secondary N) is 1. The summed E-state index contributed by atoms with van der Waals surface area (Å²) >= 11 is 0. The van der Waals surface area contributed by atoms with E-state index in [1.54, 1.807) is 6.08 Å². The lowest BCUT2D eigenvalue weighted by Gasteiger charge is -1.97. The quantitative estimate of drug-likeness (QED) is 0.344. The van der Waals surface area contributed by atoms with Crippen molar-refractivity contribution in [3.05, 3.63) is 24.4 Å². The second-order valence-electron chi connectivity index (χ2n) is 1.94. The minimum Gasteiger partial charge on any atom is -0.385 e. The zero-order valence-corrected chi connectivity index (χ0v) is 5.79. The molecule has 0 unspecified atom stereocenters. The molecular weight excluding hydrogens is 146 g/mol. The Hall–Kier alpha value is -1.58. The van der Waals surface area contributed by atoms with Gasteiger partial charge < -0.3 is 10.1 Å². The second-order valence-corrected chi connectivity index (χ2v) is 1.94. The Labute approximate surface area is 63.5 Å². The van der Waals surface area contributed by atoms with E-state index in [1.165, 1.54) is 0 Å². The summed E-state index contributed by atoms with van der Waals surface area (Å²) in [5.41, 5.74) is 0.190. The van der Waals surface area contributed by atoms with Crippen LogP contribution in [0, 0.1) is 0 Å². The maximum atomic E-state index is 10.7. The molecule has 1 aliphatic heterocycles. The van der Waals surface area contributed by atoms with Crippen molar-refractivity contribution in [3.63, 3.8) is 0 Å². The van der Waals surface area contributed by atoms with Crippen LogP contribution in [0.3, 0.4) is 0 Å². The van der Waals surface area contributed by atoms with Crippen LogP contribution in [0.2, 0.25) is 0 Å². The summed E-state index contributed by atoms with van der Waals surface area (Å²) in [7, 11) is 0. The highest BCUT2D eigenvalue weighted by Gasteiger charge is 2.22. The molecule has 4 heteroatoms. The van der Waals surface area contributed by atoms with Crippen molar-refractivity contribution >= 4 is 11.9 Å². The SMILES string of the molecule is C=CCNC1=CC(=O)OC1=O. The maximum Gasteiger partial charge on any atom is 0.362 e. The van der Waals surface area contributed by atoms with Crippen molar-refractivity contribution in [2.75, 3.05) is 6.54 Å². The Balaban J connectivity index is 2.56. The molecule has 0 saturated carbocycles. The smallest absolute Gasteiger partial charge is 0.362 e. The molecule has 0 radical (unpaired) electrons. The summed E-state index contributed by atoms with van der Waals surface area (Å²) in [6.45, 7) is 3.88. The fraction of sp³-hybridized carbons (Fsp3) is 0.143. The molecule has 0 bridgehead atoms. The van der Waals surface area contributed by atoms with Gasteiger partial charge in [-0.05, 0) is 0 Å². The number of hydrogen-bond acceptors (Lipinski definition) is 4. The van der Waals surface area contributed by atoms with Crippen molar-refractivity contribution in [1.82, 2.24) is 5.32 Å². The molecule has 0 aliphatic carbocycles. The summed E-state index contributed by atoms with van der Waals surface area (Å²) in [6, 6.07) is 0. The summed E-state index contributed by atoms with van der Waals surface area (Å²) in [5, 5.41) is 2.66. The van der Waals surface area contributed by atoms with Gasteiger partial charge in [-0.15, -0.1) is 6.58 Å². The molecule has 0 aromatic rings. The molecular formula is C7H7NO3. The molecule has 0 fully saturated rings. The van der Waals surface area contributed by atoms with Crippen LogP contribution in [0.4, 0.5) is 0 Å². The van der Waals surface area contributed by atoms with E-state index < -0.39 is 11.9 Å². The molecule has 0 aromatic heterocycles. The minimum atomic E-state index is -0.628. The standard InChI is InChI=1S/C7H7NO3/c1-2-3-8-5-4-6(9)11-7(5)10/h2,4,8H,1,3H2. The van der Waals surface area contributed by atoms with Gasteiger partial charge in [-0.3, -0.25) is 0 Å². The Kier molecular flexibility index (Phi) is 2.06. The van der Waals surface area contributed by atoms with Crippen LogP contribution in [0.1, 0.15) is 0 Å². The molecule has 58 valence electrons. The number of cyclic esters (lactones) is 2. The van der Waals surface area contributed by atoms with Crippen LogP contribution < -0.4 is 5.32 Å². The van der Waals surface area contributed by atoms with E-state index in [4.69, 9.17) is 0 Å². The van der Waals surface area contributed by atoms with Crippen molar-refractivity contribution in [3.8, 4) is 0 Å². The predicted octanol–water partition coefficient (Wildman–Crippen LogP) is -0.271.